The van der Waals surface area contributed by atoms with E-state index in [1.807, 2.05) is 6.07 Å². The highest BCUT2D eigenvalue weighted by Gasteiger charge is 2.27. The topological polar surface area (TPSA) is 125 Å². The van der Waals surface area contributed by atoms with Crippen LogP contribution < -0.4 is 10.6 Å². The second-order valence-electron chi connectivity index (χ2n) is 9.29. The monoisotopic (exact) mass is 480 g/mol. The lowest BCUT2D eigenvalue weighted by atomic mass is 10.00. The fourth-order valence-corrected chi connectivity index (χ4v) is 3.91. The van der Waals surface area contributed by atoms with Gasteiger partial charge in [0.25, 0.3) is 5.91 Å². The van der Waals surface area contributed by atoms with Crippen LogP contribution >= 0.6 is 0 Å². The standard InChI is InChI=1S/C25H29FN6O3/c1-25(2,34)21(26)15-31-24(33)19-14-29-22(10-20(19)28-12-16-4-7-35-8-5-16)32-6-3-18-9-17(11-27)13-30-23(18)32/h3,6,9-10,13-14,16,21,34H,4-5,7-8,12,15H2,1-2H3,(H,28,29)(H,31,33). The number of carbonyl (C=O) groups excluding carboxylic acids is 1. The minimum Gasteiger partial charge on any atom is -0.387 e. The Morgan fingerprint density at radius 1 is 1.34 bits per heavy atom. The van der Waals surface area contributed by atoms with Gasteiger partial charge in [-0.1, -0.05) is 0 Å². The number of ether oxygens (including phenoxy) is 1. The predicted octanol–water partition coefficient (Wildman–Crippen LogP) is 2.97. The molecule has 1 unspecified atom stereocenters. The summed E-state index contributed by atoms with van der Waals surface area (Å²) in [6.45, 7) is 4.46. The number of aromatic nitrogens is 3. The third kappa shape index (κ3) is 5.75. The number of nitrogens with one attached hydrogen (secondary N) is 2. The van der Waals surface area contributed by atoms with Crippen LogP contribution in [0.1, 0.15) is 42.6 Å². The van der Waals surface area contributed by atoms with E-state index in [1.54, 1.807) is 22.9 Å². The number of halogens is 1. The summed E-state index contributed by atoms with van der Waals surface area (Å²) in [5.41, 5.74) is 0.377. The average molecular weight is 481 g/mol. The highest BCUT2D eigenvalue weighted by molar-refractivity contribution is 5.99. The van der Waals surface area contributed by atoms with Crippen molar-refractivity contribution in [2.24, 2.45) is 5.92 Å². The number of nitriles is 1. The Morgan fingerprint density at radius 3 is 2.83 bits per heavy atom. The van der Waals surface area contributed by atoms with Crippen molar-refractivity contribution in [3.8, 4) is 11.9 Å². The van der Waals surface area contributed by atoms with Gasteiger partial charge < -0.3 is 20.5 Å². The van der Waals surface area contributed by atoms with Gasteiger partial charge in [-0.25, -0.2) is 14.4 Å². The number of hydrogen-bond acceptors (Lipinski definition) is 7. The number of alkyl halides is 1. The molecular formula is C25H29FN6O3. The van der Waals surface area contributed by atoms with Gasteiger partial charge in [0, 0.05) is 49.8 Å². The molecule has 3 aromatic rings. The first kappa shape index (κ1) is 24.6. The average Bonchev–Trinajstić information content (AvgIpc) is 3.29. The van der Waals surface area contributed by atoms with Crippen LogP contribution in [0.2, 0.25) is 0 Å². The summed E-state index contributed by atoms with van der Waals surface area (Å²) in [7, 11) is 0. The molecule has 3 N–H and O–H groups in total. The van der Waals surface area contributed by atoms with E-state index in [0.29, 0.717) is 48.4 Å². The van der Waals surface area contributed by atoms with Crippen molar-refractivity contribution in [3.05, 3.63) is 47.9 Å². The molecule has 4 rings (SSSR count). The summed E-state index contributed by atoms with van der Waals surface area (Å²) >= 11 is 0. The summed E-state index contributed by atoms with van der Waals surface area (Å²) in [4.78, 5) is 21.8. The molecule has 1 aliphatic heterocycles. The van der Waals surface area contributed by atoms with Crippen molar-refractivity contribution in [1.29, 1.82) is 5.26 Å². The molecule has 1 amide bonds. The van der Waals surface area contributed by atoms with Gasteiger partial charge in [-0.3, -0.25) is 9.36 Å². The van der Waals surface area contributed by atoms with Crippen LogP contribution in [0, 0.1) is 17.2 Å². The summed E-state index contributed by atoms with van der Waals surface area (Å²) in [6, 6.07) is 7.44. The zero-order chi connectivity index (χ0) is 25.0. The van der Waals surface area contributed by atoms with Gasteiger partial charge in [0.05, 0.1) is 29.0 Å². The van der Waals surface area contributed by atoms with Crippen molar-refractivity contribution >= 4 is 22.6 Å². The molecule has 0 saturated carbocycles. The maximum Gasteiger partial charge on any atom is 0.255 e. The lowest BCUT2D eigenvalue weighted by molar-refractivity contribution is -0.00177. The molecule has 3 aromatic heterocycles. The normalized spacial score (nSPS) is 15.5. The third-order valence-electron chi connectivity index (χ3n) is 6.17. The molecule has 184 valence electrons. The molecule has 0 spiro atoms. The van der Waals surface area contributed by atoms with Gasteiger partial charge >= 0.3 is 0 Å². The van der Waals surface area contributed by atoms with Crippen molar-refractivity contribution in [3.63, 3.8) is 0 Å². The van der Waals surface area contributed by atoms with Crippen LogP contribution in [0.5, 0.6) is 0 Å². The number of pyridine rings is 2. The van der Waals surface area contributed by atoms with Crippen LogP contribution in [0.4, 0.5) is 10.1 Å². The summed E-state index contributed by atoms with van der Waals surface area (Å²) in [5.74, 6) is 0.461. The number of rotatable bonds is 8. The van der Waals surface area contributed by atoms with E-state index in [-0.39, 0.29) is 12.1 Å². The second-order valence-corrected chi connectivity index (χ2v) is 9.29. The zero-order valence-corrected chi connectivity index (χ0v) is 19.8. The van der Waals surface area contributed by atoms with E-state index >= 15 is 0 Å². The minimum atomic E-state index is -1.62. The van der Waals surface area contributed by atoms with Crippen LogP contribution in [0.3, 0.4) is 0 Å². The molecule has 10 heteroatoms. The minimum absolute atomic E-state index is 0.278. The van der Waals surface area contributed by atoms with Gasteiger partial charge in [0.2, 0.25) is 0 Å². The number of fused-ring (bicyclic) bond motifs is 1. The van der Waals surface area contributed by atoms with E-state index in [9.17, 15) is 14.3 Å². The van der Waals surface area contributed by atoms with Gasteiger partial charge in [-0.2, -0.15) is 5.26 Å². The number of aliphatic hydroxyl groups is 1. The van der Waals surface area contributed by atoms with Gasteiger partial charge in [0.15, 0.2) is 0 Å². The molecular weight excluding hydrogens is 451 g/mol. The molecule has 0 bridgehead atoms. The van der Waals surface area contributed by atoms with E-state index in [2.05, 4.69) is 26.7 Å². The SMILES string of the molecule is CC(C)(O)C(F)CNC(=O)c1cnc(-n2ccc3cc(C#N)cnc32)cc1NCC1CCOCC1. The Hall–Kier alpha value is -3.55. The number of hydrogen-bond donors (Lipinski definition) is 3. The van der Waals surface area contributed by atoms with Crippen molar-refractivity contribution in [1.82, 2.24) is 19.9 Å². The Morgan fingerprint density at radius 2 is 2.11 bits per heavy atom. The lowest BCUT2D eigenvalue weighted by Crippen LogP contribution is -2.42. The Bertz CT molecular complexity index is 1240. The molecule has 0 aliphatic carbocycles. The molecule has 1 aliphatic rings. The first-order chi connectivity index (χ1) is 16.8. The van der Waals surface area contributed by atoms with Crippen LogP contribution in [-0.4, -0.2) is 63.6 Å². The maximum absolute atomic E-state index is 14.2. The van der Waals surface area contributed by atoms with Crippen molar-refractivity contribution < 1.29 is 19.0 Å². The fraction of sp³-hybridized carbons (Fsp3) is 0.440. The van der Waals surface area contributed by atoms with Gasteiger partial charge in [0.1, 0.15) is 23.7 Å². The molecule has 9 nitrogen and oxygen atoms in total. The fourth-order valence-electron chi connectivity index (χ4n) is 3.91. The zero-order valence-electron chi connectivity index (χ0n) is 19.8. The second kappa shape index (κ2) is 10.4. The Balaban J connectivity index is 1.62. The molecule has 1 saturated heterocycles. The van der Waals surface area contributed by atoms with E-state index in [1.165, 1.54) is 26.2 Å². The molecule has 4 heterocycles. The van der Waals surface area contributed by atoms with E-state index in [0.717, 1.165) is 18.2 Å². The van der Waals surface area contributed by atoms with Crippen LogP contribution in [0.25, 0.3) is 16.9 Å². The number of anilines is 1. The molecule has 0 radical (unpaired) electrons. The smallest absolute Gasteiger partial charge is 0.255 e. The van der Waals surface area contributed by atoms with Crippen molar-refractivity contribution in [2.45, 2.75) is 38.5 Å². The number of carbonyl (C=O) groups is 1. The summed E-state index contributed by atoms with van der Waals surface area (Å²) < 4.78 is 21.4. The Kier molecular flexibility index (Phi) is 7.28. The van der Waals surface area contributed by atoms with E-state index in [4.69, 9.17) is 10.00 Å². The summed E-state index contributed by atoms with van der Waals surface area (Å²) in [6.07, 6.45) is 4.99. The number of nitrogens with zero attached hydrogens (tertiary/aromatic N) is 4. The van der Waals surface area contributed by atoms with Gasteiger partial charge in [-0.05, 0) is 44.7 Å². The van der Waals surface area contributed by atoms with Crippen LogP contribution in [-0.2, 0) is 4.74 Å². The maximum atomic E-state index is 14.2. The molecule has 0 aromatic carbocycles. The first-order valence-electron chi connectivity index (χ1n) is 11.6. The third-order valence-corrected chi connectivity index (χ3v) is 6.17. The largest absolute Gasteiger partial charge is 0.387 e. The Labute approximate surface area is 202 Å². The van der Waals surface area contributed by atoms with Crippen LogP contribution in [0.15, 0.2) is 36.8 Å². The molecule has 1 fully saturated rings. The molecule has 1 atom stereocenters. The van der Waals surface area contributed by atoms with Crippen molar-refractivity contribution in [2.75, 3.05) is 31.6 Å². The van der Waals surface area contributed by atoms with E-state index < -0.39 is 17.7 Å². The highest BCUT2D eigenvalue weighted by Crippen LogP contribution is 2.24. The number of amides is 1. The summed E-state index contributed by atoms with van der Waals surface area (Å²) in [5, 5.41) is 25.7. The molecule has 35 heavy (non-hydrogen) atoms. The quantitative estimate of drug-likeness (QED) is 0.453. The highest BCUT2D eigenvalue weighted by atomic mass is 19.1. The lowest BCUT2D eigenvalue weighted by Gasteiger charge is -2.24. The predicted molar refractivity (Wildman–Crippen MR) is 129 cm³/mol. The first-order valence-corrected chi connectivity index (χ1v) is 11.6. The van der Waals surface area contributed by atoms with Gasteiger partial charge in [-0.15, -0.1) is 0 Å².